The quantitative estimate of drug-likeness (QED) is 0.472. The van der Waals surface area contributed by atoms with Gasteiger partial charge < -0.3 is 23.5 Å². The Kier molecular flexibility index (Phi) is 7.00. The van der Waals surface area contributed by atoms with Crippen LogP contribution in [0, 0.1) is 6.92 Å². The molecule has 0 unspecified atom stereocenters. The summed E-state index contributed by atoms with van der Waals surface area (Å²) in [6.45, 7) is 1.93. The summed E-state index contributed by atoms with van der Waals surface area (Å²) in [6, 6.07) is 16.6. The second-order valence-corrected chi connectivity index (χ2v) is 9.06. The number of aromatic nitrogens is 1. The van der Waals surface area contributed by atoms with E-state index < -0.39 is 19.1 Å². The first-order chi connectivity index (χ1) is 17.9. The smallest absolute Gasteiger partial charge is 0.494 e. The van der Waals surface area contributed by atoms with Gasteiger partial charge in [0.15, 0.2) is 0 Å². The number of hydrogen-bond donors (Lipinski definition) is 0. The summed E-state index contributed by atoms with van der Waals surface area (Å²) in [6.07, 6.45) is 1.49. The minimum absolute atomic E-state index is 0.0220. The molecule has 1 aliphatic heterocycles. The molecule has 1 atom stereocenters. The molecule has 1 aliphatic carbocycles. The topological polar surface area (TPSA) is 96.4 Å². The van der Waals surface area contributed by atoms with Crippen molar-refractivity contribution in [1.29, 1.82) is 0 Å². The van der Waals surface area contributed by atoms with Crippen molar-refractivity contribution >= 4 is 24.5 Å². The summed E-state index contributed by atoms with van der Waals surface area (Å²) in [5.74, 6) is 1.75. The molecule has 2 heterocycles. The van der Waals surface area contributed by atoms with E-state index in [-0.39, 0.29) is 19.2 Å². The summed E-state index contributed by atoms with van der Waals surface area (Å²) >= 11 is 0. The van der Waals surface area contributed by atoms with E-state index in [9.17, 15) is 9.59 Å². The molecule has 5 rings (SSSR count). The molecule has 0 spiro atoms. The van der Waals surface area contributed by atoms with Gasteiger partial charge in [-0.15, -0.1) is 0 Å². The highest BCUT2D eigenvalue weighted by Gasteiger charge is 2.34. The monoisotopic (exact) mass is 502 g/mol. The Hall–Kier alpha value is -4.05. The average Bonchev–Trinajstić information content (AvgIpc) is 3.28. The fourth-order valence-corrected chi connectivity index (χ4v) is 4.50. The van der Waals surface area contributed by atoms with E-state index in [2.05, 4.69) is 11.1 Å². The summed E-state index contributed by atoms with van der Waals surface area (Å²) in [7, 11) is 2.16. The predicted molar refractivity (Wildman–Crippen MR) is 135 cm³/mol. The first-order valence-electron chi connectivity index (χ1n) is 12.0. The molecule has 0 N–H and O–H groups in total. The number of ether oxygens (including phenoxy) is 3. The van der Waals surface area contributed by atoms with Crippen molar-refractivity contribution in [3.05, 3.63) is 71.4 Å². The van der Waals surface area contributed by atoms with Crippen molar-refractivity contribution in [2.75, 3.05) is 27.2 Å². The lowest BCUT2D eigenvalue weighted by Gasteiger charge is -2.22. The Bertz CT molecular complexity index is 1290. The molecule has 0 amide bonds. The van der Waals surface area contributed by atoms with Gasteiger partial charge in [0, 0.05) is 17.1 Å². The van der Waals surface area contributed by atoms with Crippen LogP contribution in [0.2, 0.25) is 0 Å². The van der Waals surface area contributed by atoms with Crippen LogP contribution in [-0.4, -0.2) is 56.2 Å². The van der Waals surface area contributed by atoms with Crippen LogP contribution in [0.3, 0.4) is 0 Å². The number of carbonyl (C=O) groups excluding carboxylic acids is 2. The molecule has 2 aliphatic rings. The molecule has 190 valence electrons. The third-order valence-electron chi connectivity index (χ3n) is 6.32. The Morgan fingerprint density at radius 1 is 0.973 bits per heavy atom. The average molecular weight is 502 g/mol. The second kappa shape index (κ2) is 10.5. The lowest BCUT2D eigenvalue weighted by molar-refractivity contribution is -0.145. The number of fused-ring (bicyclic) bond motifs is 1. The molecule has 3 aromatic rings. The third-order valence-corrected chi connectivity index (χ3v) is 6.32. The first-order valence-corrected chi connectivity index (χ1v) is 12.0. The van der Waals surface area contributed by atoms with Crippen LogP contribution in [0.25, 0.3) is 0 Å². The van der Waals surface area contributed by atoms with Crippen molar-refractivity contribution in [1.82, 2.24) is 9.88 Å². The predicted octanol–water partition coefficient (Wildman–Crippen LogP) is 2.98. The van der Waals surface area contributed by atoms with Gasteiger partial charge in [0.25, 0.3) is 0 Å². The van der Waals surface area contributed by atoms with Gasteiger partial charge in [0.2, 0.25) is 5.88 Å². The fourth-order valence-electron chi connectivity index (χ4n) is 4.50. The van der Waals surface area contributed by atoms with E-state index in [0.29, 0.717) is 22.8 Å². The van der Waals surface area contributed by atoms with Crippen LogP contribution >= 0.6 is 0 Å². The maximum atomic E-state index is 12.0. The van der Waals surface area contributed by atoms with Crippen LogP contribution in [0.1, 0.15) is 29.3 Å². The van der Waals surface area contributed by atoms with Gasteiger partial charge in [-0.2, -0.15) is 0 Å². The molecule has 1 saturated heterocycles. The van der Waals surface area contributed by atoms with E-state index in [0.717, 1.165) is 35.4 Å². The number of carbonyl (C=O) groups is 2. The van der Waals surface area contributed by atoms with Crippen molar-refractivity contribution < 1.29 is 33.1 Å². The molecule has 1 aromatic heterocycles. The van der Waals surface area contributed by atoms with Gasteiger partial charge in [-0.3, -0.25) is 14.5 Å². The molecule has 0 bridgehead atoms. The summed E-state index contributed by atoms with van der Waals surface area (Å²) in [5.41, 5.74) is 3.49. The number of methoxy groups -OCH3 is 1. The van der Waals surface area contributed by atoms with Gasteiger partial charge >= 0.3 is 19.1 Å². The molecule has 0 radical (unpaired) electrons. The van der Waals surface area contributed by atoms with Crippen LogP contribution in [-0.2, 0) is 25.3 Å². The Balaban J connectivity index is 1.28. The Morgan fingerprint density at radius 2 is 1.70 bits per heavy atom. The van der Waals surface area contributed by atoms with Crippen LogP contribution in [0.15, 0.2) is 54.6 Å². The number of benzene rings is 2. The largest absolute Gasteiger partial charge is 0.636 e. The number of nitrogens with zero attached hydrogens (tertiary/aromatic N) is 2. The number of pyridine rings is 1. The molecule has 10 heteroatoms. The van der Waals surface area contributed by atoms with E-state index in [4.69, 9.17) is 23.5 Å². The molecule has 2 aromatic carbocycles. The zero-order chi connectivity index (χ0) is 25.9. The number of rotatable bonds is 6. The second-order valence-electron chi connectivity index (χ2n) is 9.06. The van der Waals surface area contributed by atoms with Gasteiger partial charge in [-0.05, 0) is 56.6 Å². The standard InChI is InChI=1S/C27H27BN2O7/c1-17-22(13-14-25(29-17)33-3)35-23-6-4-5-20-21(23)11-12-24(20)34-19-9-7-18(8-10-19)28-36-26(31)15-30(2)16-27(32)37-28/h4-10,13-14,24H,11-12,15-16H2,1-3H3/t24-/m1/s1. The van der Waals surface area contributed by atoms with Crippen LogP contribution < -0.4 is 19.7 Å². The van der Waals surface area contributed by atoms with E-state index in [1.165, 1.54) is 0 Å². The molecule has 9 nitrogen and oxygen atoms in total. The van der Waals surface area contributed by atoms with Crippen LogP contribution in [0.4, 0.5) is 0 Å². The minimum atomic E-state index is -1.08. The molecule has 37 heavy (non-hydrogen) atoms. The SMILES string of the molecule is COc1ccc(Oc2cccc3c2CC[C@H]3Oc2ccc(B3OC(=O)CN(C)CC(=O)O3)cc2)c(C)n1. The Labute approximate surface area is 215 Å². The highest BCUT2D eigenvalue weighted by Crippen LogP contribution is 2.41. The van der Waals surface area contributed by atoms with Gasteiger partial charge in [0.1, 0.15) is 23.4 Å². The fraction of sp³-hybridized carbons (Fsp3) is 0.296. The maximum Gasteiger partial charge on any atom is 0.636 e. The molecular weight excluding hydrogens is 475 g/mol. The molecule has 0 saturated carbocycles. The normalized spacial score (nSPS) is 17.8. The summed E-state index contributed by atoms with van der Waals surface area (Å²) < 4.78 is 28.4. The van der Waals surface area contributed by atoms with E-state index >= 15 is 0 Å². The summed E-state index contributed by atoms with van der Waals surface area (Å²) in [5, 5.41) is 0. The first kappa shape index (κ1) is 24.6. The van der Waals surface area contributed by atoms with Gasteiger partial charge in [-0.25, -0.2) is 4.98 Å². The zero-order valence-corrected chi connectivity index (χ0v) is 20.9. The lowest BCUT2D eigenvalue weighted by Crippen LogP contribution is -2.47. The van der Waals surface area contributed by atoms with Crippen molar-refractivity contribution in [3.63, 3.8) is 0 Å². The minimum Gasteiger partial charge on any atom is -0.494 e. The third kappa shape index (κ3) is 5.54. The zero-order valence-electron chi connectivity index (χ0n) is 20.9. The Morgan fingerprint density at radius 3 is 2.38 bits per heavy atom. The lowest BCUT2D eigenvalue weighted by atomic mass is 9.78. The molecule has 1 fully saturated rings. The highest BCUT2D eigenvalue weighted by atomic mass is 16.6. The number of likely N-dealkylation sites (N-methyl/N-ethyl adjacent to an activating group) is 1. The van der Waals surface area contributed by atoms with Crippen LogP contribution in [0.5, 0.6) is 23.1 Å². The number of aryl methyl sites for hydroxylation is 1. The van der Waals surface area contributed by atoms with Crippen molar-refractivity contribution in [3.8, 4) is 23.1 Å². The van der Waals surface area contributed by atoms with Gasteiger partial charge in [-0.1, -0.05) is 24.3 Å². The molecular formula is C27H27BN2O7. The van der Waals surface area contributed by atoms with E-state index in [1.807, 2.05) is 25.1 Å². The van der Waals surface area contributed by atoms with Crippen molar-refractivity contribution in [2.24, 2.45) is 0 Å². The summed E-state index contributed by atoms with van der Waals surface area (Å²) in [4.78, 5) is 30.0. The highest BCUT2D eigenvalue weighted by molar-refractivity contribution is 6.64. The maximum absolute atomic E-state index is 12.0. The van der Waals surface area contributed by atoms with Crippen molar-refractivity contribution in [2.45, 2.75) is 25.9 Å². The number of hydrogen-bond acceptors (Lipinski definition) is 9. The van der Waals surface area contributed by atoms with E-state index in [1.54, 1.807) is 49.4 Å². The van der Waals surface area contributed by atoms with Gasteiger partial charge in [0.05, 0.1) is 25.9 Å².